The van der Waals surface area contributed by atoms with E-state index in [0.717, 1.165) is 12.0 Å². The van der Waals surface area contributed by atoms with Gasteiger partial charge in [0.25, 0.3) is 0 Å². The van der Waals surface area contributed by atoms with Crippen LogP contribution in [0.5, 0.6) is 0 Å². The van der Waals surface area contributed by atoms with Crippen molar-refractivity contribution in [3.8, 4) is 0 Å². The monoisotopic (exact) mass is 261 g/mol. The predicted octanol–water partition coefficient (Wildman–Crippen LogP) is 0.750. The molecule has 0 bridgehead atoms. The van der Waals surface area contributed by atoms with E-state index < -0.39 is 5.97 Å². The standard InChI is InChI=1S/C12H15N5O2/c1-17-7-8(5-16-17)2-3-14-11-4-9(12(18)19)10(13)6-15-11/h4-7H,2-3,13H2,1H3,(H,14,15)(H,18,19). The van der Waals surface area contributed by atoms with Crippen molar-refractivity contribution in [1.82, 2.24) is 14.8 Å². The van der Waals surface area contributed by atoms with Gasteiger partial charge in [0.05, 0.1) is 23.6 Å². The number of aromatic nitrogens is 3. The van der Waals surface area contributed by atoms with Crippen LogP contribution in [0.15, 0.2) is 24.7 Å². The minimum Gasteiger partial charge on any atom is -0.478 e. The molecule has 4 N–H and O–H groups in total. The maximum absolute atomic E-state index is 10.9. The lowest BCUT2D eigenvalue weighted by atomic mass is 10.2. The highest BCUT2D eigenvalue weighted by atomic mass is 16.4. The zero-order valence-corrected chi connectivity index (χ0v) is 10.5. The van der Waals surface area contributed by atoms with Crippen molar-refractivity contribution in [3.63, 3.8) is 0 Å². The van der Waals surface area contributed by atoms with Gasteiger partial charge in [-0.3, -0.25) is 4.68 Å². The number of anilines is 2. The smallest absolute Gasteiger partial charge is 0.337 e. The van der Waals surface area contributed by atoms with Crippen LogP contribution >= 0.6 is 0 Å². The number of nitrogens with two attached hydrogens (primary N) is 1. The van der Waals surface area contributed by atoms with Crippen molar-refractivity contribution >= 4 is 17.5 Å². The van der Waals surface area contributed by atoms with Gasteiger partial charge in [-0.15, -0.1) is 0 Å². The van der Waals surface area contributed by atoms with Crippen molar-refractivity contribution in [2.24, 2.45) is 7.05 Å². The van der Waals surface area contributed by atoms with E-state index in [1.165, 1.54) is 12.3 Å². The summed E-state index contributed by atoms with van der Waals surface area (Å²) >= 11 is 0. The summed E-state index contributed by atoms with van der Waals surface area (Å²) in [6.45, 7) is 0.641. The van der Waals surface area contributed by atoms with Crippen LogP contribution in [0.4, 0.5) is 11.5 Å². The molecule has 0 atom stereocenters. The molecule has 0 aliphatic carbocycles. The number of nitrogen functional groups attached to an aromatic ring is 1. The Balaban J connectivity index is 1.96. The van der Waals surface area contributed by atoms with Crippen molar-refractivity contribution in [1.29, 1.82) is 0 Å². The second kappa shape index (κ2) is 5.38. The van der Waals surface area contributed by atoms with Crippen molar-refractivity contribution in [2.45, 2.75) is 6.42 Å². The number of aromatic carboxylic acids is 1. The maximum atomic E-state index is 10.9. The zero-order valence-electron chi connectivity index (χ0n) is 10.5. The van der Waals surface area contributed by atoms with Crippen LogP contribution < -0.4 is 11.1 Å². The molecule has 0 saturated heterocycles. The fourth-order valence-electron chi connectivity index (χ4n) is 1.68. The lowest BCUT2D eigenvalue weighted by Crippen LogP contribution is -2.09. The molecule has 2 aromatic heterocycles. The third kappa shape index (κ3) is 3.21. The van der Waals surface area contributed by atoms with Crippen LogP contribution in [0.1, 0.15) is 15.9 Å². The first kappa shape index (κ1) is 12.9. The Kier molecular flexibility index (Phi) is 3.65. The average Bonchev–Trinajstić information content (AvgIpc) is 2.77. The van der Waals surface area contributed by atoms with Gasteiger partial charge in [-0.25, -0.2) is 9.78 Å². The molecule has 2 aromatic rings. The summed E-state index contributed by atoms with van der Waals surface area (Å²) in [7, 11) is 1.86. The molecule has 0 radical (unpaired) electrons. The molecule has 7 nitrogen and oxygen atoms in total. The summed E-state index contributed by atoms with van der Waals surface area (Å²) < 4.78 is 1.74. The molecule has 0 aliphatic heterocycles. The predicted molar refractivity (Wildman–Crippen MR) is 71.0 cm³/mol. The van der Waals surface area contributed by atoms with E-state index in [-0.39, 0.29) is 11.3 Å². The summed E-state index contributed by atoms with van der Waals surface area (Å²) in [5.74, 6) is -0.564. The third-order valence-corrected chi connectivity index (χ3v) is 2.64. The van der Waals surface area contributed by atoms with Crippen molar-refractivity contribution in [2.75, 3.05) is 17.6 Å². The van der Waals surface area contributed by atoms with Crippen LogP contribution in [0.2, 0.25) is 0 Å². The maximum Gasteiger partial charge on any atom is 0.337 e. The minimum absolute atomic E-state index is 0.0545. The van der Waals surface area contributed by atoms with Crippen LogP contribution in [0.25, 0.3) is 0 Å². The molecule has 2 heterocycles. The molecule has 0 aromatic carbocycles. The van der Waals surface area contributed by atoms with Crippen molar-refractivity contribution in [3.05, 3.63) is 35.8 Å². The average molecular weight is 261 g/mol. The highest BCUT2D eigenvalue weighted by Gasteiger charge is 2.09. The number of carboxylic acids is 1. The number of nitrogens with zero attached hydrogens (tertiary/aromatic N) is 3. The van der Waals surface area contributed by atoms with Gasteiger partial charge in [-0.1, -0.05) is 0 Å². The number of nitrogens with one attached hydrogen (secondary N) is 1. The normalized spacial score (nSPS) is 10.4. The van der Waals surface area contributed by atoms with Crippen LogP contribution in [-0.4, -0.2) is 32.4 Å². The molecule has 0 unspecified atom stereocenters. The molecule has 0 saturated carbocycles. The van der Waals surface area contributed by atoms with Gasteiger partial charge in [0.2, 0.25) is 0 Å². The van der Waals surface area contributed by atoms with E-state index in [0.29, 0.717) is 12.4 Å². The van der Waals surface area contributed by atoms with Gasteiger partial charge in [0.15, 0.2) is 0 Å². The third-order valence-electron chi connectivity index (χ3n) is 2.64. The van der Waals surface area contributed by atoms with Gasteiger partial charge in [-0.2, -0.15) is 5.10 Å². The number of carboxylic acid groups (broad SMARTS) is 1. The van der Waals surface area contributed by atoms with Gasteiger partial charge >= 0.3 is 5.97 Å². The van der Waals surface area contributed by atoms with Crippen molar-refractivity contribution < 1.29 is 9.90 Å². The number of hydrogen-bond acceptors (Lipinski definition) is 5. The number of pyridine rings is 1. The molecule has 0 aliphatic rings. The van der Waals surface area contributed by atoms with Gasteiger partial charge in [-0.05, 0) is 18.1 Å². The lowest BCUT2D eigenvalue weighted by Gasteiger charge is -2.06. The molecular formula is C12H15N5O2. The second-order valence-corrected chi connectivity index (χ2v) is 4.16. The molecule has 19 heavy (non-hydrogen) atoms. The highest BCUT2D eigenvalue weighted by molar-refractivity contribution is 5.94. The molecule has 100 valence electrons. The molecule has 7 heteroatoms. The van der Waals surface area contributed by atoms with E-state index >= 15 is 0 Å². The van der Waals surface area contributed by atoms with Gasteiger partial charge < -0.3 is 16.2 Å². The first-order chi connectivity index (χ1) is 9.06. The van der Waals surface area contributed by atoms with E-state index in [4.69, 9.17) is 10.8 Å². The van der Waals surface area contributed by atoms with Crippen LogP contribution in [0, 0.1) is 0 Å². The SMILES string of the molecule is Cn1cc(CCNc2cc(C(=O)O)c(N)cn2)cn1. The molecule has 0 fully saturated rings. The second-order valence-electron chi connectivity index (χ2n) is 4.16. The summed E-state index contributed by atoms with van der Waals surface area (Å²) in [4.78, 5) is 15.0. The van der Waals surface area contributed by atoms with E-state index in [1.807, 2.05) is 13.2 Å². The Labute approximate surface area is 110 Å². The Morgan fingerprint density at radius 3 is 2.95 bits per heavy atom. The number of hydrogen-bond donors (Lipinski definition) is 3. The van der Waals surface area contributed by atoms with E-state index in [9.17, 15) is 4.79 Å². The molecule has 2 rings (SSSR count). The zero-order chi connectivity index (χ0) is 13.8. The van der Waals surface area contributed by atoms with E-state index in [1.54, 1.807) is 10.9 Å². The van der Waals surface area contributed by atoms with Crippen LogP contribution in [-0.2, 0) is 13.5 Å². The van der Waals surface area contributed by atoms with Gasteiger partial charge in [0, 0.05) is 19.8 Å². The molecule has 0 spiro atoms. The quantitative estimate of drug-likeness (QED) is 0.733. The van der Waals surface area contributed by atoms with E-state index in [2.05, 4.69) is 15.4 Å². The summed E-state index contributed by atoms with van der Waals surface area (Å²) in [5, 5.41) is 16.1. The molecular weight excluding hydrogens is 246 g/mol. The summed E-state index contributed by atoms with van der Waals surface area (Å²) in [6.07, 6.45) is 5.85. The first-order valence-corrected chi connectivity index (χ1v) is 5.76. The Morgan fingerprint density at radius 2 is 2.32 bits per heavy atom. The number of rotatable bonds is 5. The first-order valence-electron chi connectivity index (χ1n) is 5.76. The van der Waals surface area contributed by atoms with Gasteiger partial charge in [0.1, 0.15) is 5.82 Å². The highest BCUT2D eigenvalue weighted by Crippen LogP contribution is 2.14. The fraction of sp³-hybridized carbons (Fsp3) is 0.250. The minimum atomic E-state index is -1.06. The Bertz CT molecular complexity index is 594. The fourth-order valence-corrected chi connectivity index (χ4v) is 1.68. The summed E-state index contributed by atoms with van der Waals surface area (Å²) in [6, 6.07) is 1.43. The van der Waals surface area contributed by atoms with Crippen LogP contribution in [0.3, 0.4) is 0 Å². The topological polar surface area (TPSA) is 106 Å². The largest absolute Gasteiger partial charge is 0.478 e. The summed E-state index contributed by atoms with van der Waals surface area (Å²) in [5.41, 5.74) is 6.84. The lowest BCUT2D eigenvalue weighted by molar-refractivity contribution is 0.0698. The number of carbonyl (C=O) groups is 1. The Morgan fingerprint density at radius 1 is 1.53 bits per heavy atom. The Hall–Kier alpha value is -2.57. The molecule has 0 amide bonds. The number of aryl methyl sites for hydroxylation is 1.